The van der Waals surface area contributed by atoms with Crippen molar-refractivity contribution in [2.45, 2.75) is 130 Å². The molecule has 210 valence electrons. The Hall–Kier alpha value is -1.67. The minimum absolute atomic E-state index is 0.135. The van der Waals surface area contributed by atoms with Gasteiger partial charge in [-0.25, -0.2) is 0 Å². The number of rotatable bonds is 17. The Kier molecular flexibility index (Phi) is 13.4. The highest BCUT2D eigenvalue weighted by atomic mass is 16.5. The zero-order valence-electron chi connectivity index (χ0n) is 23.9. The van der Waals surface area contributed by atoms with Crippen LogP contribution in [0.15, 0.2) is 0 Å². The first-order valence-corrected chi connectivity index (χ1v) is 13.8. The van der Waals surface area contributed by atoms with Gasteiger partial charge in [0.05, 0.1) is 17.6 Å². The van der Waals surface area contributed by atoms with E-state index in [9.17, 15) is 19.5 Å². The van der Waals surface area contributed by atoms with Crippen molar-refractivity contribution in [3.8, 4) is 0 Å². The molecule has 0 aromatic heterocycles. The number of carbonyl (C=O) groups is 3. The summed E-state index contributed by atoms with van der Waals surface area (Å²) >= 11 is 0. The lowest BCUT2D eigenvalue weighted by Gasteiger charge is -2.35. The van der Waals surface area contributed by atoms with Crippen molar-refractivity contribution in [2.24, 2.45) is 17.8 Å². The molecule has 0 spiro atoms. The summed E-state index contributed by atoms with van der Waals surface area (Å²) in [7, 11) is 0. The second-order valence-corrected chi connectivity index (χ2v) is 11.7. The fraction of sp³-hybridized carbons (Fsp3) is 0.893. The van der Waals surface area contributed by atoms with Crippen molar-refractivity contribution in [3.63, 3.8) is 0 Å². The number of carboxylic acid groups (broad SMARTS) is 1. The molecule has 0 saturated heterocycles. The third-order valence-electron chi connectivity index (χ3n) is 7.57. The molecule has 3 N–H and O–H groups in total. The highest BCUT2D eigenvalue weighted by molar-refractivity contribution is 5.78. The quantitative estimate of drug-likeness (QED) is 0.260. The summed E-state index contributed by atoms with van der Waals surface area (Å²) in [5.41, 5.74) is -0.682. The Labute approximate surface area is 218 Å². The standard InChI is InChI=1S/C28H52N2O6/c1-9-12-15-28(7,8)36-17-16-27(5,6)30-23(32)18-35-25-21(13-14-22(25)26(33)34)24(29-19(4)31)20(10-2)11-3/h20-22,24-25H,9-18H2,1-8H3,(H,29,31)(H,30,32)(H,33,34)/t21?,22-,24+,25-/m0/s1. The Morgan fingerprint density at radius 3 is 2.19 bits per heavy atom. The Morgan fingerprint density at radius 1 is 1.03 bits per heavy atom. The summed E-state index contributed by atoms with van der Waals surface area (Å²) < 4.78 is 12.1. The molecule has 1 rings (SSSR count). The molecule has 8 nitrogen and oxygen atoms in total. The minimum atomic E-state index is -0.919. The van der Waals surface area contributed by atoms with Crippen LogP contribution in [0.4, 0.5) is 0 Å². The maximum absolute atomic E-state index is 12.8. The van der Waals surface area contributed by atoms with Gasteiger partial charge in [0, 0.05) is 31.0 Å². The van der Waals surface area contributed by atoms with Gasteiger partial charge in [-0.15, -0.1) is 0 Å². The molecule has 2 amide bonds. The third-order valence-corrected chi connectivity index (χ3v) is 7.57. The highest BCUT2D eigenvalue weighted by Crippen LogP contribution is 2.39. The summed E-state index contributed by atoms with van der Waals surface area (Å²) in [5, 5.41) is 15.9. The molecule has 36 heavy (non-hydrogen) atoms. The number of unbranched alkanes of at least 4 members (excludes halogenated alkanes) is 1. The number of hydrogen-bond donors (Lipinski definition) is 3. The van der Waals surface area contributed by atoms with Gasteiger partial charge in [-0.3, -0.25) is 14.4 Å². The first-order chi connectivity index (χ1) is 16.8. The maximum atomic E-state index is 12.8. The molecule has 8 heteroatoms. The molecule has 1 saturated carbocycles. The van der Waals surface area contributed by atoms with Gasteiger partial charge in [0.2, 0.25) is 11.8 Å². The van der Waals surface area contributed by atoms with Crippen molar-refractivity contribution in [2.75, 3.05) is 13.2 Å². The lowest BCUT2D eigenvalue weighted by atomic mass is 9.82. The van der Waals surface area contributed by atoms with Gasteiger partial charge >= 0.3 is 5.97 Å². The van der Waals surface area contributed by atoms with E-state index in [0.717, 1.165) is 32.1 Å². The number of ether oxygens (including phenoxy) is 2. The lowest BCUT2D eigenvalue weighted by molar-refractivity contribution is -0.150. The van der Waals surface area contributed by atoms with Gasteiger partial charge in [-0.2, -0.15) is 0 Å². The topological polar surface area (TPSA) is 114 Å². The van der Waals surface area contributed by atoms with Crippen LogP contribution in [0.3, 0.4) is 0 Å². The second kappa shape index (κ2) is 14.9. The molecule has 0 aromatic rings. The van der Waals surface area contributed by atoms with Crippen LogP contribution in [0.5, 0.6) is 0 Å². The van der Waals surface area contributed by atoms with Crippen LogP contribution in [0.1, 0.15) is 107 Å². The summed E-state index contributed by atoms with van der Waals surface area (Å²) in [4.78, 5) is 36.7. The number of carbonyl (C=O) groups excluding carboxylic acids is 2. The van der Waals surface area contributed by atoms with E-state index >= 15 is 0 Å². The van der Waals surface area contributed by atoms with Crippen molar-refractivity contribution in [1.82, 2.24) is 10.6 Å². The molecule has 0 radical (unpaired) electrons. The molecule has 1 fully saturated rings. The number of amides is 2. The predicted molar refractivity (Wildman–Crippen MR) is 142 cm³/mol. The van der Waals surface area contributed by atoms with E-state index in [1.807, 2.05) is 13.8 Å². The average molecular weight is 513 g/mol. The largest absolute Gasteiger partial charge is 0.481 e. The van der Waals surface area contributed by atoms with Gasteiger partial charge in [0.15, 0.2) is 0 Å². The Bertz CT molecular complexity index is 704. The molecule has 1 aliphatic rings. The highest BCUT2D eigenvalue weighted by Gasteiger charge is 2.46. The van der Waals surface area contributed by atoms with E-state index in [4.69, 9.17) is 9.47 Å². The van der Waals surface area contributed by atoms with E-state index in [2.05, 4.69) is 45.3 Å². The van der Waals surface area contributed by atoms with Gasteiger partial charge in [-0.1, -0.05) is 46.5 Å². The molecular weight excluding hydrogens is 460 g/mol. The van der Waals surface area contributed by atoms with Crippen LogP contribution in [-0.2, 0) is 23.9 Å². The fourth-order valence-electron chi connectivity index (χ4n) is 5.40. The van der Waals surface area contributed by atoms with Crippen molar-refractivity contribution >= 4 is 17.8 Å². The van der Waals surface area contributed by atoms with Crippen molar-refractivity contribution in [1.29, 1.82) is 0 Å². The Balaban J connectivity index is 2.78. The first kappa shape index (κ1) is 32.4. The van der Waals surface area contributed by atoms with Gasteiger partial charge in [-0.05, 0) is 59.3 Å². The normalized spacial score (nSPS) is 21.4. The smallest absolute Gasteiger partial charge is 0.309 e. The van der Waals surface area contributed by atoms with Crippen molar-refractivity contribution < 1.29 is 29.0 Å². The minimum Gasteiger partial charge on any atom is -0.481 e. The molecule has 4 atom stereocenters. The molecule has 1 unspecified atom stereocenters. The van der Waals surface area contributed by atoms with Crippen LogP contribution in [0.2, 0.25) is 0 Å². The Morgan fingerprint density at radius 2 is 1.67 bits per heavy atom. The van der Waals surface area contributed by atoms with Crippen LogP contribution in [0, 0.1) is 17.8 Å². The van der Waals surface area contributed by atoms with E-state index in [0.29, 0.717) is 25.9 Å². The summed E-state index contributed by atoms with van der Waals surface area (Å²) in [6, 6.07) is -0.181. The van der Waals surface area contributed by atoms with Crippen LogP contribution in [0.25, 0.3) is 0 Å². The molecule has 0 bridgehead atoms. The molecule has 0 aliphatic heterocycles. The van der Waals surface area contributed by atoms with E-state index in [-0.39, 0.29) is 41.9 Å². The average Bonchev–Trinajstić information content (AvgIpc) is 3.19. The number of carboxylic acids is 1. The van der Waals surface area contributed by atoms with E-state index < -0.39 is 23.5 Å². The van der Waals surface area contributed by atoms with Gasteiger partial charge in [0.25, 0.3) is 0 Å². The van der Waals surface area contributed by atoms with E-state index in [1.165, 1.54) is 6.92 Å². The lowest BCUT2D eigenvalue weighted by Crippen LogP contribution is -2.50. The zero-order chi connectivity index (χ0) is 27.5. The second-order valence-electron chi connectivity index (χ2n) is 11.7. The maximum Gasteiger partial charge on any atom is 0.309 e. The molecule has 1 aliphatic carbocycles. The van der Waals surface area contributed by atoms with Crippen LogP contribution in [-0.4, -0.2) is 59.4 Å². The molecular formula is C28H52N2O6. The number of nitrogens with one attached hydrogen (secondary N) is 2. The zero-order valence-corrected chi connectivity index (χ0v) is 23.9. The SMILES string of the molecule is CCCCC(C)(C)OCCC(C)(C)NC(=O)CO[C@H]1C([C@H](NC(C)=O)C(CC)CC)CC[C@@H]1C(=O)O. The van der Waals surface area contributed by atoms with E-state index in [1.54, 1.807) is 0 Å². The number of hydrogen-bond acceptors (Lipinski definition) is 5. The molecule has 0 aromatic carbocycles. The summed E-state index contributed by atoms with van der Waals surface area (Å²) in [5.74, 6) is -1.97. The van der Waals surface area contributed by atoms with Crippen molar-refractivity contribution in [3.05, 3.63) is 0 Å². The first-order valence-electron chi connectivity index (χ1n) is 13.8. The van der Waals surface area contributed by atoms with Gasteiger partial charge in [0.1, 0.15) is 6.61 Å². The summed E-state index contributed by atoms with van der Waals surface area (Å²) in [6.07, 6.45) is 6.11. The monoisotopic (exact) mass is 512 g/mol. The predicted octanol–water partition coefficient (Wildman–Crippen LogP) is 4.69. The number of aliphatic carboxylic acids is 1. The van der Waals surface area contributed by atoms with Crippen LogP contribution >= 0.6 is 0 Å². The molecule has 0 heterocycles. The van der Waals surface area contributed by atoms with Crippen LogP contribution < -0.4 is 10.6 Å². The summed E-state index contributed by atoms with van der Waals surface area (Å²) in [6.45, 7) is 16.2. The third kappa shape index (κ3) is 10.8. The fourth-order valence-corrected chi connectivity index (χ4v) is 5.40. The van der Waals surface area contributed by atoms with Gasteiger partial charge < -0.3 is 25.2 Å².